The first kappa shape index (κ1) is 27.7. The van der Waals surface area contributed by atoms with Gasteiger partial charge in [0.25, 0.3) is 6.33 Å². The maximum absolute atomic E-state index is 11.3. The van der Waals surface area contributed by atoms with Crippen LogP contribution in [0.25, 0.3) is 50.1 Å². The smallest absolute Gasteiger partial charge is 0.268 e. The second kappa shape index (κ2) is 10.5. The van der Waals surface area contributed by atoms with Gasteiger partial charge in [0.2, 0.25) is 0 Å². The number of pyridine rings is 1. The summed E-state index contributed by atoms with van der Waals surface area (Å²) in [5.41, 5.74) is 9.10. The molecule has 0 unspecified atom stereocenters. The molecule has 0 amide bonds. The Labute approximate surface area is 258 Å². The SMILES string of the molecule is CC(C)c1cc(C(C)(C)C)cc(-n2[c-][n+](-c3ccccc3-c3cccc(-n4c5ccccc5c5cccnc54)c3)cc2)c1O. The predicted octanol–water partition coefficient (Wildman–Crippen LogP) is 8.84. The van der Waals surface area contributed by atoms with Crippen LogP contribution in [0.5, 0.6) is 5.75 Å². The molecular weight excluding hydrogens is 540 g/mol. The number of rotatable bonds is 5. The lowest BCUT2D eigenvalue weighted by Crippen LogP contribution is -2.29. The van der Waals surface area contributed by atoms with Crippen molar-refractivity contribution in [2.75, 3.05) is 0 Å². The minimum atomic E-state index is -0.0568. The van der Waals surface area contributed by atoms with Gasteiger partial charge < -0.3 is 5.11 Å². The van der Waals surface area contributed by atoms with Crippen LogP contribution < -0.4 is 4.57 Å². The van der Waals surface area contributed by atoms with Crippen molar-refractivity contribution in [1.82, 2.24) is 14.1 Å². The van der Waals surface area contributed by atoms with Crippen LogP contribution in [0.2, 0.25) is 0 Å². The summed E-state index contributed by atoms with van der Waals surface area (Å²) < 4.78 is 6.14. The molecule has 0 aliphatic carbocycles. The lowest BCUT2D eigenvalue weighted by atomic mass is 9.84. The number of hydrogen-bond acceptors (Lipinski definition) is 2. The standard InChI is InChI=1S/C39H36N4O/c1-26(2)33-23-28(39(3,4)5)24-36(37(33)44)42-21-20-41(25-42)34-17-8-6-14-30(34)27-12-10-13-29(22-27)43-35-18-9-7-15-31(35)32-16-11-19-40-38(32)43/h6-24,26,44H,1-5H3. The highest BCUT2D eigenvalue weighted by Crippen LogP contribution is 2.37. The van der Waals surface area contributed by atoms with Gasteiger partial charge >= 0.3 is 0 Å². The minimum Gasteiger partial charge on any atom is -0.511 e. The maximum atomic E-state index is 11.3. The number of phenols is 1. The van der Waals surface area contributed by atoms with Gasteiger partial charge in [0, 0.05) is 35.1 Å². The third-order valence-corrected chi connectivity index (χ3v) is 8.46. The summed E-state index contributed by atoms with van der Waals surface area (Å²) in [5, 5.41) is 13.7. The van der Waals surface area contributed by atoms with Crippen molar-refractivity contribution >= 4 is 21.9 Å². The summed E-state index contributed by atoms with van der Waals surface area (Å²) in [5.74, 6) is 0.490. The molecule has 0 fully saturated rings. The Morgan fingerprint density at radius 3 is 2.43 bits per heavy atom. The number of para-hydroxylation sites is 2. The summed E-state index contributed by atoms with van der Waals surface area (Å²) >= 11 is 0. The Kier molecular flexibility index (Phi) is 6.62. The zero-order valence-electron chi connectivity index (χ0n) is 25.8. The predicted molar refractivity (Wildman–Crippen MR) is 178 cm³/mol. The van der Waals surface area contributed by atoms with E-state index in [0.717, 1.165) is 50.3 Å². The molecule has 0 spiro atoms. The average molecular weight is 577 g/mol. The number of aromatic nitrogens is 4. The van der Waals surface area contributed by atoms with E-state index in [1.165, 1.54) is 10.9 Å². The number of fused-ring (bicyclic) bond motifs is 3. The van der Waals surface area contributed by atoms with E-state index >= 15 is 0 Å². The van der Waals surface area contributed by atoms with E-state index in [1.54, 1.807) is 0 Å². The molecule has 0 bridgehead atoms. The highest BCUT2D eigenvalue weighted by atomic mass is 16.3. The topological polar surface area (TPSA) is 46.9 Å². The maximum Gasteiger partial charge on any atom is 0.268 e. The van der Waals surface area contributed by atoms with E-state index in [1.807, 2.05) is 39.9 Å². The van der Waals surface area contributed by atoms with E-state index in [-0.39, 0.29) is 11.3 Å². The van der Waals surface area contributed by atoms with Crippen molar-refractivity contribution < 1.29 is 9.67 Å². The Balaban J connectivity index is 1.34. The van der Waals surface area contributed by atoms with Crippen molar-refractivity contribution in [2.24, 2.45) is 0 Å². The van der Waals surface area contributed by atoms with Gasteiger partial charge in [-0.2, -0.15) is 0 Å². The number of hydrogen-bond donors (Lipinski definition) is 1. The third-order valence-electron chi connectivity index (χ3n) is 8.46. The van der Waals surface area contributed by atoms with Crippen LogP contribution in [0.3, 0.4) is 0 Å². The lowest BCUT2D eigenvalue weighted by molar-refractivity contribution is -0.598. The van der Waals surface area contributed by atoms with E-state index in [2.05, 4.69) is 130 Å². The van der Waals surface area contributed by atoms with Crippen LogP contribution in [-0.4, -0.2) is 19.2 Å². The fourth-order valence-electron chi connectivity index (χ4n) is 6.08. The fourth-order valence-corrected chi connectivity index (χ4v) is 6.08. The largest absolute Gasteiger partial charge is 0.511 e. The third kappa shape index (κ3) is 4.65. The number of benzene rings is 4. The lowest BCUT2D eigenvalue weighted by Gasteiger charge is -2.23. The zero-order valence-corrected chi connectivity index (χ0v) is 25.8. The summed E-state index contributed by atoms with van der Waals surface area (Å²) in [6.45, 7) is 10.8. The zero-order chi connectivity index (χ0) is 30.6. The number of nitrogens with zero attached hydrogens (tertiary/aromatic N) is 4. The molecule has 3 heterocycles. The van der Waals surface area contributed by atoms with Crippen molar-refractivity contribution in [3.8, 4) is 33.9 Å². The fraction of sp³-hybridized carbons (Fsp3) is 0.179. The van der Waals surface area contributed by atoms with Crippen molar-refractivity contribution in [3.05, 3.63) is 133 Å². The van der Waals surface area contributed by atoms with Crippen LogP contribution in [0, 0.1) is 6.33 Å². The van der Waals surface area contributed by atoms with Crippen LogP contribution in [0.1, 0.15) is 51.7 Å². The van der Waals surface area contributed by atoms with Gasteiger partial charge in [-0.05, 0) is 76.1 Å². The summed E-state index contributed by atoms with van der Waals surface area (Å²) in [7, 11) is 0. The summed E-state index contributed by atoms with van der Waals surface area (Å²) in [6, 6.07) is 33.8. The van der Waals surface area contributed by atoms with Gasteiger partial charge in [-0.25, -0.2) is 4.98 Å². The van der Waals surface area contributed by atoms with E-state index < -0.39 is 0 Å². The Bertz CT molecular complexity index is 2110. The molecule has 0 radical (unpaired) electrons. The molecule has 7 aromatic rings. The molecule has 0 aliphatic rings. The van der Waals surface area contributed by atoms with Crippen LogP contribution in [0.15, 0.2) is 116 Å². The molecule has 0 atom stereocenters. The molecule has 3 aromatic heterocycles. The number of imidazole rings is 1. The monoisotopic (exact) mass is 576 g/mol. The second-order valence-electron chi connectivity index (χ2n) is 12.8. The molecule has 1 N–H and O–H groups in total. The first-order valence-electron chi connectivity index (χ1n) is 15.1. The van der Waals surface area contributed by atoms with Gasteiger partial charge in [0.05, 0.1) is 11.2 Å². The number of phenolic OH excluding ortho intramolecular Hbond substituents is 1. The van der Waals surface area contributed by atoms with Gasteiger partial charge in [0.1, 0.15) is 17.1 Å². The highest BCUT2D eigenvalue weighted by Gasteiger charge is 2.22. The average Bonchev–Trinajstić information content (AvgIpc) is 3.64. The van der Waals surface area contributed by atoms with Crippen molar-refractivity contribution in [1.29, 1.82) is 0 Å². The van der Waals surface area contributed by atoms with Gasteiger partial charge in [-0.3, -0.25) is 13.7 Å². The molecule has 0 saturated carbocycles. The summed E-state index contributed by atoms with van der Waals surface area (Å²) in [4.78, 5) is 4.77. The van der Waals surface area contributed by atoms with Crippen LogP contribution >= 0.6 is 0 Å². The molecular formula is C39H36N4O. The van der Waals surface area contributed by atoms with Crippen LogP contribution in [-0.2, 0) is 5.41 Å². The van der Waals surface area contributed by atoms with Gasteiger partial charge in [0.15, 0.2) is 0 Å². The van der Waals surface area contributed by atoms with E-state index in [0.29, 0.717) is 5.75 Å². The Hall–Kier alpha value is -5.16. The van der Waals surface area contributed by atoms with Crippen molar-refractivity contribution in [2.45, 2.75) is 46.0 Å². The van der Waals surface area contributed by atoms with E-state index in [4.69, 9.17) is 4.98 Å². The molecule has 4 aromatic carbocycles. The molecule has 5 nitrogen and oxygen atoms in total. The second-order valence-corrected chi connectivity index (χ2v) is 12.8. The van der Waals surface area contributed by atoms with Crippen LogP contribution in [0.4, 0.5) is 0 Å². The molecule has 0 aliphatic heterocycles. The first-order chi connectivity index (χ1) is 21.2. The highest BCUT2D eigenvalue weighted by molar-refractivity contribution is 6.07. The Morgan fingerprint density at radius 2 is 1.61 bits per heavy atom. The molecule has 44 heavy (non-hydrogen) atoms. The Morgan fingerprint density at radius 1 is 0.841 bits per heavy atom. The van der Waals surface area contributed by atoms with Crippen molar-refractivity contribution in [3.63, 3.8) is 0 Å². The quantitative estimate of drug-likeness (QED) is 0.164. The minimum absolute atomic E-state index is 0.0568. The van der Waals surface area contributed by atoms with E-state index in [9.17, 15) is 5.11 Å². The van der Waals surface area contributed by atoms with Gasteiger partial charge in [-0.15, -0.1) is 0 Å². The molecule has 0 saturated heterocycles. The molecule has 7 rings (SSSR count). The first-order valence-corrected chi connectivity index (χ1v) is 15.1. The number of aromatic hydroxyl groups is 1. The molecule has 5 heteroatoms. The molecule has 218 valence electrons. The summed E-state index contributed by atoms with van der Waals surface area (Å²) in [6.07, 6.45) is 9.30. The van der Waals surface area contributed by atoms with Gasteiger partial charge in [-0.1, -0.05) is 89.2 Å². The normalized spacial score (nSPS) is 12.0.